The predicted octanol–water partition coefficient (Wildman–Crippen LogP) is 2.44. The number of sulfonamides is 1. The second kappa shape index (κ2) is 8.64. The Morgan fingerprint density at radius 2 is 1.90 bits per heavy atom. The number of thiophene rings is 1. The van der Waals surface area contributed by atoms with E-state index in [4.69, 9.17) is 0 Å². The van der Waals surface area contributed by atoms with Gasteiger partial charge >= 0.3 is 0 Å². The Kier molecular flexibility index (Phi) is 6.40. The highest BCUT2D eigenvalue weighted by Crippen LogP contribution is 2.31. The molecule has 0 fully saturated rings. The van der Waals surface area contributed by atoms with E-state index in [0.717, 1.165) is 5.56 Å². The first-order valence-corrected chi connectivity index (χ1v) is 11.8. The maximum absolute atomic E-state index is 12.8. The van der Waals surface area contributed by atoms with E-state index < -0.39 is 10.0 Å². The number of anilines is 1. The maximum Gasteiger partial charge on any atom is 0.264 e. The zero-order chi connectivity index (χ0) is 21.2. The zero-order valence-corrected chi connectivity index (χ0v) is 18.4. The minimum absolute atomic E-state index is 0.0321. The minimum Gasteiger partial charge on any atom is -0.332 e. The number of rotatable bonds is 7. The van der Waals surface area contributed by atoms with Gasteiger partial charge in [-0.2, -0.15) is 4.31 Å². The van der Waals surface area contributed by atoms with Crippen LogP contribution in [0.3, 0.4) is 0 Å². The summed E-state index contributed by atoms with van der Waals surface area (Å²) >= 11 is 1.34. The fourth-order valence-electron chi connectivity index (χ4n) is 3.46. The Labute approximate surface area is 175 Å². The molecule has 0 spiro atoms. The highest BCUT2D eigenvalue weighted by Gasteiger charge is 2.29. The van der Waals surface area contributed by atoms with Gasteiger partial charge in [0.2, 0.25) is 15.9 Å². The second-order valence-electron chi connectivity index (χ2n) is 6.81. The lowest BCUT2D eigenvalue weighted by Gasteiger charge is -2.22. The first kappa shape index (κ1) is 21.5. The normalized spacial score (nSPS) is 13.6. The van der Waals surface area contributed by atoms with E-state index in [2.05, 4.69) is 0 Å². The average molecular weight is 436 g/mol. The number of nitrogens with zero attached hydrogens (tertiary/aromatic N) is 3. The van der Waals surface area contributed by atoms with E-state index in [1.807, 2.05) is 19.2 Å². The number of carbonyl (C=O) groups is 2. The predicted molar refractivity (Wildman–Crippen MR) is 114 cm³/mol. The summed E-state index contributed by atoms with van der Waals surface area (Å²) in [6.07, 6.45) is 0.589. The molecule has 0 aliphatic carbocycles. The van der Waals surface area contributed by atoms with E-state index in [9.17, 15) is 18.0 Å². The molecule has 0 atom stereocenters. The molecule has 0 saturated heterocycles. The molecule has 0 saturated carbocycles. The third-order valence-corrected chi connectivity index (χ3v) is 7.95. The smallest absolute Gasteiger partial charge is 0.264 e. The molecule has 0 unspecified atom stereocenters. The lowest BCUT2D eigenvalue weighted by atomic mass is 10.2. The Bertz CT molecular complexity index is 999. The summed E-state index contributed by atoms with van der Waals surface area (Å²) in [7, 11) is -1.93. The van der Waals surface area contributed by atoms with Crippen LogP contribution in [-0.4, -0.2) is 62.7 Å². The Morgan fingerprint density at radius 1 is 1.17 bits per heavy atom. The van der Waals surface area contributed by atoms with Crippen molar-refractivity contribution in [3.05, 3.63) is 46.2 Å². The van der Waals surface area contributed by atoms with Crippen LogP contribution < -0.4 is 4.90 Å². The monoisotopic (exact) mass is 435 g/mol. The molecule has 7 nitrogen and oxygen atoms in total. The number of carbonyl (C=O) groups excluding carboxylic acids is 2. The van der Waals surface area contributed by atoms with Gasteiger partial charge in [-0.15, -0.1) is 11.3 Å². The Morgan fingerprint density at radius 3 is 2.52 bits per heavy atom. The molecule has 29 heavy (non-hydrogen) atoms. The molecule has 9 heteroatoms. The van der Waals surface area contributed by atoms with Gasteiger partial charge in [0.15, 0.2) is 0 Å². The zero-order valence-electron chi connectivity index (χ0n) is 16.8. The van der Waals surface area contributed by atoms with Crippen molar-refractivity contribution >= 4 is 38.9 Å². The number of fused-ring (bicyclic) bond motifs is 1. The molecule has 0 bridgehead atoms. The minimum atomic E-state index is -3.54. The quantitative estimate of drug-likeness (QED) is 0.669. The van der Waals surface area contributed by atoms with Crippen LogP contribution >= 0.6 is 11.3 Å². The third kappa shape index (κ3) is 4.22. The highest BCUT2D eigenvalue weighted by molar-refractivity contribution is 7.89. The highest BCUT2D eigenvalue weighted by atomic mass is 32.2. The van der Waals surface area contributed by atoms with Crippen molar-refractivity contribution in [2.75, 3.05) is 38.1 Å². The molecule has 2 aromatic rings. The molecule has 1 aliphatic heterocycles. The maximum atomic E-state index is 12.8. The summed E-state index contributed by atoms with van der Waals surface area (Å²) in [5, 5.41) is 1.82. The lowest BCUT2D eigenvalue weighted by Crippen LogP contribution is -2.40. The van der Waals surface area contributed by atoms with Crippen molar-refractivity contribution < 1.29 is 18.0 Å². The van der Waals surface area contributed by atoms with Gasteiger partial charge in [-0.25, -0.2) is 8.42 Å². The van der Waals surface area contributed by atoms with Crippen molar-refractivity contribution in [1.82, 2.24) is 9.21 Å². The van der Waals surface area contributed by atoms with Crippen molar-refractivity contribution in [1.29, 1.82) is 0 Å². The summed E-state index contributed by atoms with van der Waals surface area (Å²) in [6.45, 7) is 4.88. The largest absolute Gasteiger partial charge is 0.332 e. The SMILES string of the molecule is CCN(CC)S(=O)(=O)c1ccc2c(c1)CCN2C(=O)CN(C)C(=O)c1cccs1. The van der Waals surface area contributed by atoms with E-state index in [0.29, 0.717) is 36.6 Å². The van der Waals surface area contributed by atoms with E-state index in [1.165, 1.54) is 20.5 Å². The Balaban J connectivity index is 1.76. The molecule has 3 rings (SSSR count). The van der Waals surface area contributed by atoms with E-state index in [-0.39, 0.29) is 23.3 Å². The van der Waals surface area contributed by atoms with Gasteiger partial charge in [0.1, 0.15) is 6.54 Å². The van der Waals surface area contributed by atoms with Crippen LogP contribution in [0, 0.1) is 0 Å². The number of likely N-dealkylation sites (N-methyl/N-ethyl adjacent to an activating group) is 1. The standard InChI is InChI=1S/C20H25N3O4S2/c1-4-22(5-2)29(26,27)16-8-9-17-15(13-16)10-11-23(17)19(24)14-21(3)20(25)18-7-6-12-28-18/h6-9,12-13H,4-5,10-11,14H2,1-3H3. The fraction of sp³-hybridized carbons (Fsp3) is 0.400. The average Bonchev–Trinajstić information content (AvgIpc) is 3.37. The van der Waals surface area contributed by atoms with Crippen LogP contribution in [0.25, 0.3) is 0 Å². The molecular formula is C20H25N3O4S2. The molecular weight excluding hydrogens is 410 g/mol. The molecule has 2 amide bonds. The molecule has 2 heterocycles. The fourth-order valence-corrected chi connectivity index (χ4v) is 5.69. The van der Waals surface area contributed by atoms with Gasteiger partial charge in [-0.1, -0.05) is 19.9 Å². The third-order valence-electron chi connectivity index (χ3n) is 5.04. The van der Waals surface area contributed by atoms with Gasteiger partial charge in [-0.3, -0.25) is 9.59 Å². The number of benzene rings is 1. The van der Waals surface area contributed by atoms with Crippen molar-refractivity contribution in [2.24, 2.45) is 0 Å². The molecule has 0 radical (unpaired) electrons. The topological polar surface area (TPSA) is 78.0 Å². The van der Waals surface area contributed by atoms with Crippen molar-refractivity contribution in [2.45, 2.75) is 25.2 Å². The summed E-state index contributed by atoms with van der Waals surface area (Å²) < 4.78 is 26.9. The summed E-state index contributed by atoms with van der Waals surface area (Å²) in [5.41, 5.74) is 1.55. The van der Waals surface area contributed by atoms with Crippen LogP contribution in [0.15, 0.2) is 40.6 Å². The first-order valence-electron chi connectivity index (χ1n) is 9.52. The van der Waals surface area contributed by atoms with Crippen LogP contribution in [0.1, 0.15) is 29.1 Å². The molecule has 1 aromatic carbocycles. The van der Waals surface area contributed by atoms with E-state index in [1.54, 1.807) is 42.3 Å². The number of hydrogen-bond acceptors (Lipinski definition) is 5. The summed E-state index contributed by atoms with van der Waals surface area (Å²) in [6, 6.07) is 8.44. The van der Waals surface area contributed by atoms with Crippen molar-refractivity contribution in [3.63, 3.8) is 0 Å². The van der Waals surface area contributed by atoms with Crippen LogP contribution in [0.4, 0.5) is 5.69 Å². The van der Waals surface area contributed by atoms with Gasteiger partial charge < -0.3 is 9.80 Å². The first-order chi connectivity index (χ1) is 13.8. The molecule has 0 N–H and O–H groups in total. The van der Waals surface area contributed by atoms with Gasteiger partial charge in [0.05, 0.1) is 9.77 Å². The van der Waals surface area contributed by atoms with Crippen LogP contribution in [-0.2, 0) is 21.2 Å². The Hall–Kier alpha value is -2.23. The van der Waals surface area contributed by atoms with Crippen LogP contribution in [0.2, 0.25) is 0 Å². The van der Waals surface area contributed by atoms with E-state index >= 15 is 0 Å². The van der Waals surface area contributed by atoms with Crippen molar-refractivity contribution in [3.8, 4) is 0 Å². The van der Waals surface area contributed by atoms with Crippen LogP contribution in [0.5, 0.6) is 0 Å². The summed E-state index contributed by atoms with van der Waals surface area (Å²) in [5.74, 6) is -0.371. The molecule has 1 aromatic heterocycles. The number of amides is 2. The summed E-state index contributed by atoms with van der Waals surface area (Å²) in [4.78, 5) is 29.0. The lowest BCUT2D eigenvalue weighted by molar-refractivity contribution is -0.119. The molecule has 156 valence electrons. The second-order valence-corrected chi connectivity index (χ2v) is 9.70. The number of hydrogen-bond donors (Lipinski definition) is 0. The van der Waals surface area contributed by atoms with Gasteiger partial charge in [0, 0.05) is 32.4 Å². The molecule has 1 aliphatic rings. The van der Waals surface area contributed by atoms with Gasteiger partial charge in [-0.05, 0) is 41.6 Å². The van der Waals surface area contributed by atoms with Gasteiger partial charge in [0.25, 0.3) is 5.91 Å².